The van der Waals surface area contributed by atoms with E-state index in [1.807, 2.05) is 23.6 Å². The zero-order chi connectivity index (χ0) is 17.6. The van der Waals surface area contributed by atoms with Crippen LogP contribution < -0.4 is 10.6 Å². The number of rotatable bonds is 6. The zero-order valence-electron chi connectivity index (χ0n) is 14.3. The van der Waals surface area contributed by atoms with Gasteiger partial charge < -0.3 is 10.6 Å². The number of hydrogen-bond acceptors (Lipinski definition) is 4. The van der Waals surface area contributed by atoms with Gasteiger partial charge in [-0.2, -0.15) is 11.3 Å². The van der Waals surface area contributed by atoms with E-state index in [0.29, 0.717) is 12.1 Å². The van der Waals surface area contributed by atoms with E-state index in [9.17, 15) is 9.59 Å². The summed E-state index contributed by atoms with van der Waals surface area (Å²) in [6.07, 6.45) is 1.22. The maximum atomic E-state index is 12.3. The Labute approximate surface area is 152 Å². The number of likely N-dealkylation sites (N-methyl/N-ethyl adjacent to an activating group) is 1. The van der Waals surface area contributed by atoms with Gasteiger partial charge >= 0.3 is 0 Å². The third kappa shape index (κ3) is 4.46. The van der Waals surface area contributed by atoms with Gasteiger partial charge in [-0.1, -0.05) is 30.3 Å². The first-order valence-corrected chi connectivity index (χ1v) is 9.44. The van der Waals surface area contributed by atoms with Gasteiger partial charge in [-0.05, 0) is 30.5 Å². The number of thiophene rings is 1. The van der Waals surface area contributed by atoms with E-state index in [0.717, 1.165) is 13.0 Å². The summed E-state index contributed by atoms with van der Waals surface area (Å²) in [5.74, 6) is -0.149. The second kappa shape index (κ2) is 8.27. The predicted octanol–water partition coefficient (Wildman–Crippen LogP) is 2.43. The normalized spacial score (nSPS) is 20.4. The molecule has 0 bridgehead atoms. The Balaban J connectivity index is 1.49. The maximum absolute atomic E-state index is 12.3. The van der Waals surface area contributed by atoms with Gasteiger partial charge in [0.25, 0.3) is 5.91 Å². The summed E-state index contributed by atoms with van der Waals surface area (Å²) in [4.78, 5) is 26.4. The van der Waals surface area contributed by atoms with Crippen molar-refractivity contribution in [3.05, 3.63) is 58.3 Å². The molecule has 0 saturated carbocycles. The summed E-state index contributed by atoms with van der Waals surface area (Å²) in [5.41, 5.74) is 1.87. The molecule has 0 spiro atoms. The number of amides is 2. The quantitative estimate of drug-likeness (QED) is 0.835. The minimum Gasteiger partial charge on any atom is -0.351 e. The summed E-state index contributed by atoms with van der Waals surface area (Å²) in [6.45, 7) is 1.30. The van der Waals surface area contributed by atoms with Crippen LogP contribution in [0.3, 0.4) is 0 Å². The molecule has 1 fully saturated rings. The number of benzene rings is 1. The lowest BCUT2D eigenvalue weighted by atomic mass is 10.00. The summed E-state index contributed by atoms with van der Waals surface area (Å²) in [5, 5.41) is 9.59. The highest BCUT2D eigenvalue weighted by atomic mass is 32.1. The first kappa shape index (κ1) is 17.6. The Morgan fingerprint density at radius 1 is 1.24 bits per heavy atom. The van der Waals surface area contributed by atoms with E-state index < -0.39 is 0 Å². The van der Waals surface area contributed by atoms with Crippen LogP contribution >= 0.6 is 11.3 Å². The van der Waals surface area contributed by atoms with E-state index in [1.54, 1.807) is 11.4 Å². The summed E-state index contributed by atoms with van der Waals surface area (Å²) in [6, 6.07) is 12.3. The SMILES string of the molecule is CN1CCC(NC(=O)CCNC(=O)c2ccsc2)C1c1ccccc1. The van der Waals surface area contributed by atoms with Gasteiger partial charge in [0.15, 0.2) is 0 Å². The van der Waals surface area contributed by atoms with Crippen LogP contribution in [0.5, 0.6) is 0 Å². The third-order valence-corrected chi connectivity index (χ3v) is 5.24. The van der Waals surface area contributed by atoms with Crippen molar-refractivity contribution >= 4 is 23.2 Å². The molecule has 1 aromatic carbocycles. The van der Waals surface area contributed by atoms with Crippen molar-refractivity contribution in [2.24, 2.45) is 0 Å². The largest absolute Gasteiger partial charge is 0.351 e. The number of carbonyl (C=O) groups is 2. The second-order valence-electron chi connectivity index (χ2n) is 6.32. The van der Waals surface area contributed by atoms with Gasteiger partial charge in [0.2, 0.25) is 5.91 Å². The van der Waals surface area contributed by atoms with Gasteiger partial charge in [-0.3, -0.25) is 14.5 Å². The zero-order valence-corrected chi connectivity index (χ0v) is 15.1. The van der Waals surface area contributed by atoms with E-state index in [4.69, 9.17) is 0 Å². The van der Waals surface area contributed by atoms with Crippen LogP contribution in [0, 0.1) is 0 Å². The molecule has 1 aliphatic rings. The summed E-state index contributed by atoms with van der Waals surface area (Å²) < 4.78 is 0. The Kier molecular flexibility index (Phi) is 5.83. The van der Waals surface area contributed by atoms with Crippen molar-refractivity contribution in [2.75, 3.05) is 20.1 Å². The molecule has 0 radical (unpaired) electrons. The van der Waals surface area contributed by atoms with Gasteiger partial charge in [-0.25, -0.2) is 0 Å². The van der Waals surface area contributed by atoms with Crippen LogP contribution in [0.15, 0.2) is 47.2 Å². The monoisotopic (exact) mass is 357 g/mol. The number of nitrogens with one attached hydrogen (secondary N) is 2. The molecule has 25 heavy (non-hydrogen) atoms. The molecule has 5 nitrogen and oxygen atoms in total. The van der Waals surface area contributed by atoms with Crippen molar-refractivity contribution in [2.45, 2.75) is 24.9 Å². The number of hydrogen-bond donors (Lipinski definition) is 2. The molecule has 0 aliphatic carbocycles. The number of nitrogens with zero attached hydrogens (tertiary/aromatic N) is 1. The van der Waals surface area contributed by atoms with Crippen LogP contribution in [0.25, 0.3) is 0 Å². The van der Waals surface area contributed by atoms with Gasteiger partial charge in [0.05, 0.1) is 6.04 Å². The standard InChI is InChI=1S/C19H23N3O2S/c1-22-11-8-16(18(22)14-5-3-2-4-6-14)21-17(23)7-10-20-19(24)15-9-12-25-13-15/h2-6,9,12-13,16,18H,7-8,10-11H2,1H3,(H,20,24)(H,21,23). The molecule has 2 N–H and O–H groups in total. The van der Waals surface area contributed by atoms with Crippen LogP contribution in [-0.4, -0.2) is 42.9 Å². The van der Waals surface area contributed by atoms with Crippen molar-refractivity contribution in [1.29, 1.82) is 0 Å². The molecule has 2 amide bonds. The fourth-order valence-corrected chi connectivity index (χ4v) is 3.94. The Morgan fingerprint density at radius 2 is 2.04 bits per heavy atom. The minimum absolute atomic E-state index is 0.0214. The first-order chi connectivity index (χ1) is 12.1. The molecule has 2 aromatic rings. The third-order valence-electron chi connectivity index (χ3n) is 4.56. The Hall–Kier alpha value is -2.18. The lowest BCUT2D eigenvalue weighted by molar-refractivity contribution is -0.121. The molecule has 132 valence electrons. The molecule has 3 rings (SSSR count). The van der Waals surface area contributed by atoms with Crippen molar-refractivity contribution in [3.8, 4) is 0 Å². The molecule has 2 heterocycles. The molecule has 6 heteroatoms. The fraction of sp³-hybridized carbons (Fsp3) is 0.368. The molecule has 2 atom stereocenters. The first-order valence-electron chi connectivity index (χ1n) is 8.50. The summed E-state index contributed by atoms with van der Waals surface area (Å²) in [7, 11) is 2.09. The van der Waals surface area contributed by atoms with Crippen LogP contribution in [0.4, 0.5) is 0 Å². The Bertz CT molecular complexity index is 703. The highest BCUT2D eigenvalue weighted by Crippen LogP contribution is 2.30. The highest BCUT2D eigenvalue weighted by molar-refractivity contribution is 7.08. The molecular weight excluding hydrogens is 334 g/mol. The van der Waals surface area contributed by atoms with Crippen LogP contribution in [-0.2, 0) is 4.79 Å². The van der Waals surface area contributed by atoms with E-state index in [-0.39, 0.29) is 30.3 Å². The maximum Gasteiger partial charge on any atom is 0.252 e. The predicted molar refractivity (Wildman–Crippen MR) is 99.6 cm³/mol. The van der Waals surface area contributed by atoms with Crippen molar-refractivity contribution in [3.63, 3.8) is 0 Å². The molecule has 1 aromatic heterocycles. The number of likely N-dealkylation sites (tertiary alicyclic amines) is 1. The number of carbonyl (C=O) groups excluding carboxylic acids is 2. The summed E-state index contributed by atoms with van der Waals surface area (Å²) >= 11 is 1.48. The van der Waals surface area contributed by atoms with Gasteiger partial charge in [0.1, 0.15) is 0 Å². The average molecular weight is 357 g/mol. The van der Waals surface area contributed by atoms with Crippen molar-refractivity contribution < 1.29 is 9.59 Å². The Morgan fingerprint density at radius 3 is 2.76 bits per heavy atom. The average Bonchev–Trinajstić information content (AvgIpc) is 3.26. The lowest BCUT2D eigenvalue weighted by Gasteiger charge is -2.26. The fourth-order valence-electron chi connectivity index (χ4n) is 3.30. The second-order valence-corrected chi connectivity index (χ2v) is 7.10. The molecule has 1 aliphatic heterocycles. The smallest absolute Gasteiger partial charge is 0.252 e. The molecular formula is C19H23N3O2S. The topological polar surface area (TPSA) is 61.4 Å². The van der Waals surface area contributed by atoms with E-state index >= 15 is 0 Å². The lowest BCUT2D eigenvalue weighted by Crippen LogP contribution is -2.40. The van der Waals surface area contributed by atoms with Crippen LogP contribution in [0.2, 0.25) is 0 Å². The van der Waals surface area contributed by atoms with E-state index in [2.05, 4.69) is 34.7 Å². The minimum atomic E-state index is -0.128. The molecule has 1 saturated heterocycles. The van der Waals surface area contributed by atoms with Crippen molar-refractivity contribution in [1.82, 2.24) is 15.5 Å². The van der Waals surface area contributed by atoms with Crippen LogP contribution in [0.1, 0.15) is 34.8 Å². The van der Waals surface area contributed by atoms with Gasteiger partial charge in [0, 0.05) is 36.5 Å². The highest BCUT2D eigenvalue weighted by Gasteiger charge is 2.33. The van der Waals surface area contributed by atoms with Gasteiger partial charge in [-0.15, -0.1) is 0 Å². The van der Waals surface area contributed by atoms with E-state index in [1.165, 1.54) is 16.9 Å². The molecule has 2 unspecified atom stereocenters.